The van der Waals surface area contributed by atoms with Crippen molar-refractivity contribution in [3.63, 3.8) is 0 Å². The summed E-state index contributed by atoms with van der Waals surface area (Å²) in [5.41, 5.74) is 5.56. The molecular weight excluding hydrogens is 478 g/mol. The van der Waals surface area contributed by atoms with Crippen LogP contribution in [0.2, 0.25) is 5.02 Å². The Bertz CT molecular complexity index is 1290. The van der Waals surface area contributed by atoms with Crippen LogP contribution in [0.15, 0.2) is 71.8 Å². The van der Waals surface area contributed by atoms with E-state index in [-0.39, 0.29) is 6.42 Å². The highest BCUT2D eigenvalue weighted by atomic mass is 35.5. The summed E-state index contributed by atoms with van der Waals surface area (Å²) in [5, 5.41) is 10.8. The van der Waals surface area contributed by atoms with E-state index in [1.54, 1.807) is 17.8 Å². The van der Waals surface area contributed by atoms with E-state index in [1.165, 1.54) is 27.6 Å². The van der Waals surface area contributed by atoms with E-state index < -0.39 is 5.97 Å². The van der Waals surface area contributed by atoms with Crippen molar-refractivity contribution in [3.8, 4) is 16.9 Å². The van der Waals surface area contributed by atoms with Crippen molar-refractivity contribution in [3.05, 3.63) is 83.0 Å². The summed E-state index contributed by atoms with van der Waals surface area (Å²) in [6.45, 7) is 2.86. The molecule has 0 aliphatic carbocycles. The molecule has 0 saturated carbocycles. The predicted molar refractivity (Wildman–Crippen MR) is 146 cm³/mol. The van der Waals surface area contributed by atoms with E-state index >= 15 is 0 Å². The largest absolute Gasteiger partial charge is 0.493 e. The lowest BCUT2D eigenvalue weighted by Crippen LogP contribution is -2.02. The molecular formula is C29H30ClNO3S. The summed E-state index contributed by atoms with van der Waals surface area (Å²) in [6.07, 6.45) is 6.06. The van der Waals surface area contributed by atoms with Crippen LogP contribution in [0.1, 0.15) is 37.3 Å². The lowest BCUT2D eigenvalue weighted by molar-refractivity contribution is -0.136. The first kappa shape index (κ1) is 25.2. The number of H-pyrrole nitrogens is 1. The van der Waals surface area contributed by atoms with Gasteiger partial charge in [-0.2, -0.15) is 0 Å². The number of carboxylic acid groups (broad SMARTS) is 1. The fourth-order valence-corrected chi connectivity index (χ4v) is 5.54. The average molecular weight is 508 g/mol. The number of aliphatic carboxylic acids is 1. The molecule has 2 N–H and O–H groups in total. The van der Waals surface area contributed by atoms with Gasteiger partial charge in [0.2, 0.25) is 0 Å². The van der Waals surface area contributed by atoms with Gasteiger partial charge in [0, 0.05) is 27.6 Å². The molecule has 4 nitrogen and oxygen atoms in total. The third-order valence-corrected chi connectivity index (χ3v) is 7.50. The number of hydrogen-bond donors (Lipinski definition) is 2. The molecule has 1 aromatic heterocycles. The number of hydrogen-bond acceptors (Lipinski definition) is 3. The van der Waals surface area contributed by atoms with Crippen LogP contribution < -0.4 is 4.74 Å². The van der Waals surface area contributed by atoms with Crippen LogP contribution in [-0.4, -0.2) is 28.4 Å². The van der Waals surface area contributed by atoms with Crippen molar-refractivity contribution >= 4 is 40.2 Å². The summed E-state index contributed by atoms with van der Waals surface area (Å²) < 4.78 is 6.23. The number of aryl methyl sites for hydroxylation is 1. The molecule has 0 aliphatic rings. The van der Waals surface area contributed by atoms with Gasteiger partial charge in [-0.1, -0.05) is 61.3 Å². The minimum atomic E-state index is -0.851. The third-order valence-electron chi connectivity index (χ3n) is 5.91. The van der Waals surface area contributed by atoms with Gasteiger partial charge in [0.1, 0.15) is 5.75 Å². The van der Waals surface area contributed by atoms with E-state index in [0.717, 1.165) is 47.6 Å². The fraction of sp³-hybridized carbons (Fsp3) is 0.276. The van der Waals surface area contributed by atoms with Crippen LogP contribution >= 0.6 is 23.4 Å². The summed E-state index contributed by atoms with van der Waals surface area (Å²) >= 11 is 8.02. The first-order chi connectivity index (χ1) is 17.1. The Labute approximate surface area is 215 Å². The van der Waals surface area contributed by atoms with Gasteiger partial charge in [0.15, 0.2) is 0 Å². The smallest absolute Gasteiger partial charge is 0.307 e. The van der Waals surface area contributed by atoms with Crippen molar-refractivity contribution in [1.29, 1.82) is 0 Å². The molecule has 0 saturated heterocycles. The van der Waals surface area contributed by atoms with Crippen molar-refractivity contribution in [1.82, 2.24) is 4.98 Å². The van der Waals surface area contributed by atoms with Crippen molar-refractivity contribution in [2.24, 2.45) is 0 Å². The summed E-state index contributed by atoms with van der Waals surface area (Å²) in [5.74, 6) is 1.04. The number of halogens is 1. The second-order valence-electron chi connectivity index (χ2n) is 8.52. The molecule has 0 fully saturated rings. The quantitative estimate of drug-likeness (QED) is 0.150. The van der Waals surface area contributed by atoms with E-state index in [1.807, 2.05) is 18.2 Å². The number of carbonyl (C=O) groups is 1. The molecule has 0 bridgehead atoms. The molecule has 0 atom stereocenters. The zero-order valence-electron chi connectivity index (χ0n) is 19.9. The van der Waals surface area contributed by atoms with Crippen LogP contribution in [0.25, 0.3) is 22.0 Å². The maximum Gasteiger partial charge on any atom is 0.307 e. The zero-order valence-corrected chi connectivity index (χ0v) is 21.4. The Balaban J connectivity index is 1.33. The van der Waals surface area contributed by atoms with Gasteiger partial charge in [0.25, 0.3) is 0 Å². The van der Waals surface area contributed by atoms with Gasteiger partial charge in [-0.15, -0.1) is 11.8 Å². The SMILES string of the molecule is CCCc1c(OCCCCSc2ccc(CC(=O)O)cc2Cl)ccc2c(-c3ccccc3)c[nH]c12. The second kappa shape index (κ2) is 12.2. The summed E-state index contributed by atoms with van der Waals surface area (Å²) in [6, 6.07) is 20.2. The second-order valence-corrected chi connectivity index (χ2v) is 10.1. The molecule has 35 heavy (non-hydrogen) atoms. The van der Waals surface area contributed by atoms with Crippen molar-refractivity contribution in [2.75, 3.05) is 12.4 Å². The number of fused-ring (bicyclic) bond motifs is 1. The van der Waals surface area contributed by atoms with Gasteiger partial charge in [-0.05, 0) is 60.4 Å². The van der Waals surface area contributed by atoms with Gasteiger partial charge in [0.05, 0.1) is 23.6 Å². The number of rotatable bonds is 12. The monoisotopic (exact) mass is 507 g/mol. The first-order valence-corrected chi connectivity index (χ1v) is 13.4. The molecule has 0 spiro atoms. The molecule has 0 amide bonds. The molecule has 4 rings (SSSR count). The maximum atomic E-state index is 10.9. The number of aromatic amines is 1. The Morgan fingerprint density at radius 1 is 1.09 bits per heavy atom. The van der Waals surface area contributed by atoms with Crippen molar-refractivity contribution in [2.45, 2.75) is 43.9 Å². The molecule has 0 aliphatic heterocycles. The lowest BCUT2D eigenvalue weighted by Gasteiger charge is -2.13. The van der Waals surface area contributed by atoms with E-state index in [9.17, 15) is 4.79 Å². The van der Waals surface area contributed by atoms with Crippen LogP contribution in [0.3, 0.4) is 0 Å². The Morgan fingerprint density at radius 3 is 2.66 bits per heavy atom. The number of nitrogens with one attached hydrogen (secondary N) is 1. The lowest BCUT2D eigenvalue weighted by atomic mass is 10.0. The molecule has 4 aromatic rings. The summed E-state index contributed by atoms with van der Waals surface area (Å²) in [4.78, 5) is 15.3. The van der Waals surface area contributed by atoms with Gasteiger partial charge in [-0.25, -0.2) is 0 Å². The van der Waals surface area contributed by atoms with Crippen molar-refractivity contribution < 1.29 is 14.6 Å². The van der Waals surface area contributed by atoms with Crippen LogP contribution in [0, 0.1) is 0 Å². The molecule has 6 heteroatoms. The zero-order chi connectivity index (χ0) is 24.6. The van der Waals surface area contributed by atoms with Crippen LogP contribution in [-0.2, 0) is 17.6 Å². The standard InChI is InChI=1S/C29H30ClNO3S/c1-2-8-23-26(13-12-22-24(19-31-29(22)23)21-9-4-3-5-10-21)34-15-6-7-16-35-27-14-11-20(17-25(27)30)18-28(32)33/h3-5,9-14,17,19,31H,2,6-8,15-16,18H2,1H3,(H,32,33). The fourth-order valence-electron chi connectivity index (χ4n) is 4.24. The van der Waals surface area contributed by atoms with E-state index in [0.29, 0.717) is 11.6 Å². The minimum absolute atomic E-state index is 0.0101. The molecule has 3 aromatic carbocycles. The highest BCUT2D eigenvalue weighted by Crippen LogP contribution is 2.35. The number of benzene rings is 3. The van der Waals surface area contributed by atoms with E-state index in [4.69, 9.17) is 21.4 Å². The van der Waals surface area contributed by atoms with Gasteiger partial charge < -0.3 is 14.8 Å². The van der Waals surface area contributed by atoms with E-state index in [2.05, 4.69) is 54.5 Å². The Morgan fingerprint density at radius 2 is 1.91 bits per heavy atom. The number of unbranched alkanes of at least 4 members (excludes halogenated alkanes) is 1. The number of carboxylic acids is 1. The number of aromatic nitrogens is 1. The molecule has 1 heterocycles. The predicted octanol–water partition coefficient (Wildman–Crippen LogP) is 8.02. The molecule has 182 valence electrons. The average Bonchev–Trinajstić information content (AvgIpc) is 3.28. The third kappa shape index (κ3) is 6.41. The minimum Gasteiger partial charge on any atom is -0.493 e. The number of thioether (sulfide) groups is 1. The highest BCUT2D eigenvalue weighted by molar-refractivity contribution is 7.99. The van der Waals surface area contributed by atoms with Crippen LogP contribution in [0.5, 0.6) is 5.75 Å². The Kier molecular flexibility index (Phi) is 8.78. The number of ether oxygens (including phenoxy) is 1. The Hall–Kier alpha value is -2.89. The van der Waals surface area contributed by atoms with Gasteiger partial charge >= 0.3 is 5.97 Å². The molecule has 0 radical (unpaired) electrons. The van der Waals surface area contributed by atoms with Gasteiger partial charge in [-0.3, -0.25) is 4.79 Å². The molecule has 0 unspecified atom stereocenters. The normalized spacial score (nSPS) is 11.1. The topological polar surface area (TPSA) is 62.3 Å². The first-order valence-electron chi connectivity index (χ1n) is 12.0. The summed E-state index contributed by atoms with van der Waals surface area (Å²) in [7, 11) is 0. The van der Waals surface area contributed by atoms with Crippen LogP contribution in [0.4, 0.5) is 0 Å². The maximum absolute atomic E-state index is 10.9. The highest BCUT2D eigenvalue weighted by Gasteiger charge is 2.14.